The molecule has 0 radical (unpaired) electrons. The number of aromatic nitrogens is 3. The van der Waals surface area contributed by atoms with Crippen LogP contribution in [0.5, 0.6) is 0 Å². The molecule has 1 atom stereocenters. The zero-order valence-electron chi connectivity index (χ0n) is 15.0. The first-order valence-corrected chi connectivity index (χ1v) is 8.91. The molecular formula is C21H16N4O3. The zero-order valence-corrected chi connectivity index (χ0v) is 15.0. The number of hydrogen-bond donors (Lipinski definition) is 1. The fraction of sp³-hybridized carbons (Fsp3) is 0.143. The standard InChI is InChI=1S/C21H16N4O3/c1-25-21-18(19(24-25)12-5-4-8-22-10-12)14(9-17(26)23-21)15-11-28-16-7-3-2-6-13(16)20(15)27/h2-8,10-11,14H,9H2,1H3,(H,23,26)/t14-/m0/s1. The summed E-state index contributed by atoms with van der Waals surface area (Å²) in [5.41, 5.74) is 3.17. The van der Waals surface area contributed by atoms with Crippen molar-refractivity contribution >= 4 is 22.7 Å². The maximum Gasteiger partial charge on any atom is 0.226 e. The molecule has 0 aliphatic carbocycles. The predicted octanol–water partition coefficient (Wildman–Crippen LogP) is 3.06. The van der Waals surface area contributed by atoms with Crippen molar-refractivity contribution in [2.75, 3.05) is 5.32 Å². The normalized spacial score (nSPS) is 16.0. The number of amides is 1. The summed E-state index contributed by atoms with van der Waals surface area (Å²) >= 11 is 0. The number of nitrogens with one attached hydrogen (secondary N) is 1. The van der Waals surface area contributed by atoms with Crippen LogP contribution in [0.25, 0.3) is 22.2 Å². The van der Waals surface area contributed by atoms with Crippen LogP contribution in [0.2, 0.25) is 0 Å². The molecule has 7 heteroatoms. The van der Waals surface area contributed by atoms with E-state index in [9.17, 15) is 9.59 Å². The molecule has 4 aromatic rings. The molecule has 0 unspecified atom stereocenters. The van der Waals surface area contributed by atoms with Crippen LogP contribution in [0, 0.1) is 0 Å². The SMILES string of the molecule is Cn1nc(-c2cccnc2)c2c1NC(=O)C[C@H]2c1coc2ccccc2c1=O. The molecule has 1 N–H and O–H groups in total. The largest absolute Gasteiger partial charge is 0.464 e. The van der Waals surface area contributed by atoms with E-state index in [0.29, 0.717) is 28.0 Å². The smallest absolute Gasteiger partial charge is 0.226 e. The summed E-state index contributed by atoms with van der Waals surface area (Å²) in [6.07, 6.45) is 5.03. The molecule has 28 heavy (non-hydrogen) atoms. The summed E-state index contributed by atoms with van der Waals surface area (Å²) in [6, 6.07) is 10.8. The van der Waals surface area contributed by atoms with E-state index in [1.54, 1.807) is 42.3 Å². The summed E-state index contributed by atoms with van der Waals surface area (Å²) in [6.45, 7) is 0. The van der Waals surface area contributed by atoms with E-state index in [0.717, 1.165) is 11.1 Å². The van der Waals surface area contributed by atoms with E-state index < -0.39 is 5.92 Å². The van der Waals surface area contributed by atoms with E-state index in [4.69, 9.17) is 4.42 Å². The van der Waals surface area contributed by atoms with E-state index in [1.165, 1.54) is 6.26 Å². The van der Waals surface area contributed by atoms with Crippen LogP contribution < -0.4 is 10.7 Å². The number of carbonyl (C=O) groups excluding carboxylic acids is 1. The van der Waals surface area contributed by atoms with E-state index >= 15 is 0 Å². The molecule has 4 heterocycles. The number of benzene rings is 1. The molecule has 1 aromatic carbocycles. The Kier molecular flexibility index (Phi) is 3.61. The number of hydrogen-bond acceptors (Lipinski definition) is 5. The van der Waals surface area contributed by atoms with Gasteiger partial charge in [-0.25, -0.2) is 0 Å². The highest BCUT2D eigenvalue weighted by molar-refractivity contribution is 5.96. The third kappa shape index (κ3) is 2.44. The van der Waals surface area contributed by atoms with Crippen molar-refractivity contribution in [3.05, 3.63) is 76.4 Å². The Labute approximate surface area is 159 Å². The Morgan fingerprint density at radius 1 is 1.18 bits per heavy atom. The zero-order chi connectivity index (χ0) is 19.3. The van der Waals surface area contributed by atoms with Crippen molar-refractivity contribution in [3.63, 3.8) is 0 Å². The molecule has 0 spiro atoms. The van der Waals surface area contributed by atoms with E-state index in [1.807, 2.05) is 18.2 Å². The number of carbonyl (C=O) groups is 1. The second-order valence-electron chi connectivity index (χ2n) is 6.80. The Morgan fingerprint density at radius 3 is 2.86 bits per heavy atom. The van der Waals surface area contributed by atoms with Crippen LogP contribution >= 0.6 is 0 Å². The van der Waals surface area contributed by atoms with Crippen molar-refractivity contribution in [2.24, 2.45) is 7.05 Å². The number of fused-ring (bicyclic) bond motifs is 2. The summed E-state index contributed by atoms with van der Waals surface area (Å²) in [7, 11) is 1.77. The third-order valence-electron chi connectivity index (χ3n) is 5.10. The predicted molar refractivity (Wildman–Crippen MR) is 104 cm³/mol. The average Bonchev–Trinajstić information content (AvgIpc) is 3.05. The lowest BCUT2D eigenvalue weighted by atomic mass is 9.85. The third-order valence-corrected chi connectivity index (χ3v) is 5.10. The quantitative estimate of drug-likeness (QED) is 0.584. The monoisotopic (exact) mass is 372 g/mol. The van der Waals surface area contributed by atoms with Gasteiger partial charge in [-0.1, -0.05) is 12.1 Å². The highest BCUT2D eigenvalue weighted by Gasteiger charge is 2.35. The maximum absolute atomic E-state index is 13.2. The Bertz CT molecular complexity index is 1270. The fourth-order valence-electron chi connectivity index (χ4n) is 3.80. The van der Waals surface area contributed by atoms with Gasteiger partial charge < -0.3 is 9.73 Å². The van der Waals surface area contributed by atoms with Crippen LogP contribution in [0.15, 0.2) is 64.3 Å². The molecule has 0 fully saturated rings. The number of pyridine rings is 1. The van der Waals surface area contributed by atoms with E-state index in [-0.39, 0.29) is 17.8 Å². The first-order valence-electron chi connectivity index (χ1n) is 8.91. The van der Waals surface area contributed by atoms with E-state index in [2.05, 4.69) is 15.4 Å². The van der Waals surface area contributed by atoms with Gasteiger partial charge in [-0.2, -0.15) is 5.10 Å². The minimum Gasteiger partial charge on any atom is -0.464 e. The van der Waals surface area contributed by atoms with Gasteiger partial charge >= 0.3 is 0 Å². The number of aryl methyl sites for hydroxylation is 1. The van der Waals surface area contributed by atoms with Gasteiger partial charge in [-0.15, -0.1) is 0 Å². The summed E-state index contributed by atoms with van der Waals surface area (Å²) in [5.74, 6) is -0.0213. The molecule has 1 aliphatic rings. The van der Waals surface area contributed by atoms with Crippen LogP contribution in [0.1, 0.15) is 23.5 Å². The van der Waals surface area contributed by atoms with Gasteiger partial charge in [-0.05, 0) is 24.3 Å². The highest BCUT2D eigenvalue weighted by Crippen LogP contribution is 2.41. The second kappa shape index (κ2) is 6.16. The number of nitrogens with zero attached hydrogens (tertiary/aromatic N) is 3. The van der Waals surface area contributed by atoms with Gasteiger partial charge in [0.15, 0.2) is 5.43 Å². The molecule has 5 rings (SSSR count). The van der Waals surface area contributed by atoms with Crippen molar-refractivity contribution in [3.8, 4) is 11.3 Å². The van der Waals surface area contributed by atoms with Crippen molar-refractivity contribution in [1.82, 2.24) is 14.8 Å². The lowest BCUT2D eigenvalue weighted by Gasteiger charge is -2.23. The lowest BCUT2D eigenvalue weighted by Crippen LogP contribution is -2.27. The first kappa shape index (κ1) is 16.4. The van der Waals surface area contributed by atoms with Gasteiger partial charge in [0.1, 0.15) is 11.4 Å². The second-order valence-corrected chi connectivity index (χ2v) is 6.80. The molecule has 1 aliphatic heterocycles. The molecule has 1 amide bonds. The highest BCUT2D eigenvalue weighted by atomic mass is 16.3. The van der Waals surface area contributed by atoms with Gasteiger partial charge in [0.05, 0.1) is 17.3 Å². The molecular weight excluding hydrogens is 356 g/mol. The van der Waals surface area contributed by atoms with Crippen LogP contribution in [-0.2, 0) is 11.8 Å². The summed E-state index contributed by atoms with van der Waals surface area (Å²) in [5, 5.41) is 7.98. The van der Waals surface area contributed by atoms with Gasteiger partial charge in [0.25, 0.3) is 0 Å². The summed E-state index contributed by atoms with van der Waals surface area (Å²) in [4.78, 5) is 29.7. The fourth-order valence-corrected chi connectivity index (χ4v) is 3.80. The maximum atomic E-state index is 13.2. The number of para-hydroxylation sites is 1. The van der Waals surface area contributed by atoms with Crippen LogP contribution in [0.4, 0.5) is 5.82 Å². The molecule has 0 bridgehead atoms. The van der Waals surface area contributed by atoms with Crippen molar-refractivity contribution < 1.29 is 9.21 Å². The average molecular weight is 372 g/mol. The first-order chi connectivity index (χ1) is 13.6. The van der Waals surface area contributed by atoms with Gasteiger partial charge in [0, 0.05) is 48.5 Å². The van der Waals surface area contributed by atoms with Crippen molar-refractivity contribution in [2.45, 2.75) is 12.3 Å². The minimum atomic E-state index is -0.450. The van der Waals surface area contributed by atoms with Crippen LogP contribution in [-0.4, -0.2) is 20.7 Å². The number of anilines is 1. The topological polar surface area (TPSA) is 90.0 Å². The lowest BCUT2D eigenvalue weighted by molar-refractivity contribution is -0.116. The Morgan fingerprint density at radius 2 is 2.04 bits per heavy atom. The summed E-state index contributed by atoms with van der Waals surface area (Å²) < 4.78 is 7.34. The number of rotatable bonds is 2. The van der Waals surface area contributed by atoms with Gasteiger partial charge in [0.2, 0.25) is 5.91 Å². The Balaban J connectivity index is 1.77. The molecule has 138 valence electrons. The minimum absolute atomic E-state index is 0.131. The Hall–Kier alpha value is -3.74. The molecule has 0 saturated carbocycles. The molecule has 0 saturated heterocycles. The van der Waals surface area contributed by atoms with Crippen LogP contribution in [0.3, 0.4) is 0 Å². The van der Waals surface area contributed by atoms with Crippen molar-refractivity contribution in [1.29, 1.82) is 0 Å². The molecule has 7 nitrogen and oxygen atoms in total. The molecule has 3 aromatic heterocycles. The van der Waals surface area contributed by atoms with Gasteiger partial charge in [-0.3, -0.25) is 19.3 Å².